The van der Waals surface area contributed by atoms with Crippen molar-refractivity contribution in [2.45, 2.75) is 19.5 Å². The van der Waals surface area contributed by atoms with Gasteiger partial charge in [-0.05, 0) is 49.0 Å². The third-order valence-electron chi connectivity index (χ3n) is 4.94. The second-order valence-corrected chi connectivity index (χ2v) is 7.32. The van der Waals surface area contributed by atoms with Crippen LogP contribution in [0.4, 0.5) is 0 Å². The van der Waals surface area contributed by atoms with E-state index in [1.807, 2.05) is 30.6 Å². The lowest BCUT2D eigenvalue weighted by Crippen LogP contribution is -2.26. The molecule has 0 spiro atoms. The molecule has 0 saturated heterocycles. The van der Waals surface area contributed by atoms with Crippen molar-refractivity contribution in [2.75, 3.05) is 6.54 Å². The second-order valence-electron chi connectivity index (χ2n) is 6.93. The number of hydrogen-bond acceptors (Lipinski definition) is 4. The molecule has 0 bridgehead atoms. The van der Waals surface area contributed by atoms with Gasteiger partial charge in [0.25, 0.3) is 11.5 Å². The lowest BCUT2D eigenvalue weighted by atomic mass is 10.1. The fourth-order valence-electron chi connectivity index (χ4n) is 3.43. The molecule has 30 heavy (non-hydrogen) atoms. The number of amides is 1. The Balaban J connectivity index is 1.43. The Kier molecular flexibility index (Phi) is 5.58. The number of carbonyl (C=O) groups is 1. The maximum Gasteiger partial charge on any atom is 0.262 e. The van der Waals surface area contributed by atoms with Crippen molar-refractivity contribution in [2.24, 2.45) is 0 Å². The Morgan fingerprint density at radius 1 is 1.27 bits per heavy atom. The van der Waals surface area contributed by atoms with Crippen LogP contribution in [0.25, 0.3) is 21.9 Å². The Labute approximate surface area is 177 Å². The number of carbonyl (C=O) groups excluding carboxylic acids is 1. The van der Waals surface area contributed by atoms with Crippen LogP contribution in [0.15, 0.2) is 66.2 Å². The quantitative estimate of drug-likeness (QED) is 0.273. The molecule has 0 aliphatic heterocycles. The van der Waals surface area contributed by atoms with Crippen LogP contribution in [-0.2, 0) is 13.1 Å². The van der Waals surface area contributed by atoms with E-state index in [0.29, 0.717) is 34.3 Å². The van der Waals surface area contributed by atoms with E-state index in [0.717, 1.165) is 24.0 Å². The number of aryl methyl sites for hydroxylation is 1. The maximum atomic E-state index is 12.6. The van der Waals surface area contributed by atoms with Crippen LogP contribution >= 0.6 is 12.2 Å². The summed E-state index contributed by atoms with van der Waals surface area (Å²) in [5, 5.41) is 3.41. The lowest BCUT2D eigenvalue weighted by Gasteiger charge is -2.09. The lowest BCUT2D eigenvalue weighted by molar-refractivity contribution is 0.0953. The second kappa shape index (κ2) is 8.46. The highest BCUT2D eigenvalue weighted by Gasteiger charge is 2.10. The molecule has 2 aromatic heterocycles. The van der Waals surface area contributed by atoms with E-state index in [4.69, 9.17) is 12.2 Å². The zero-order valence-corrected chi connectivity index (χ0v) is 17.1. The van der Waals surface area contributed by atoms with Crippen LogP contribution in [0.1, 0.15) is 16.8 Å². The van der Waals surface area contributed by atoms with E-state index < -0.39 is 0 Å². The maximum absolute atomic E-state index is 12.6. The summed E-state index contributed by atoms with van der Waals surface area (Å²) in [6.45, 7) is 5.26. The first-order valence-electron chi connectivity index (χ1n) is 9.64. The molecule has 7 nitrogen and oxygen atoms in total. The zero-order chi connectivity index (χ0) is 21.1. The largest absolute Gasteiger partial charge is 0.352 e. The number of benzene rings is 2. The van der Waals surface area contributed by atoms with Crippen molar-refractivity contribution in [3.05, 3.63) is 82.1 Å². The zero-order valence-electron chi connectivity index (χ0n) is 16.3. The number of hydrogen-bond donors (Lipinski definition) is 2. The number of H-pyrrole nitrogens is 1. The number of allylic oxidation sites excluding steroid dienone is 1. The monoisotopic (exact) mass is 419 g/mol. The molecule has 2 N–H and O–H groups in total. The number of fused-ring (bicyclic) bond motifs is 2. The molecule has 0 fully saturated rings. The third kappa shape index (κ3) is 3.81. The summed E-state index contributed by atoms with van der Waals surface area (Å²) in [6.07, 6.45) is 4.21. The molecule has 2 aromatic carbocycles. The van der Waals surface area contributed by atoms with E-state index in [9.17, 15) is 9.59 Å². The van der Waals surface area contributed by atoms with Gasteiger partial charge < -0.3 is 14.9 Å². The fourth-order valence-corrected chi connectivity index (χ4v) is 3.70. The molecule has 4 aromatic rings. The van der Waals surface area contributed by atoms with Crippen molar-refractivity contribution in [1.29, 1.82) is 0 Å². The Bertz CT molecular complexity index is 1370. The van der Waals surface area contributed by atoms with Gasteiger partial charge in [-0.1, -0.05) is 18.2 Å². The van der Waals surface area contributed by atoms with E-state index in [-0.39, 0.29) is 11.5 Å². The normalized spacial score (nSPS) is 11.1. The third-order valence-corrected chi connectivity index (χ3v) is 5.27. The summed E-state index contributed by atoms with van der Waals surface area (Å²) in [6, 6.07) is 12.9. The van der Waals surface area contributed by atoms with E-state index in [1.165, 1.54) is 4.57 Å². The van der Waals surface area contributed by atoms with Crippen molar-refractivity contribution >= 4 is 40.1 Å². The Morgan fingerprint density at radius 3 is 2.93 bits per heavy atom. The highest BCUT2D eigenvalue weighted by atomic mass is 32.1. The van der Waals surface area contributed by atoms with Gasteiger partial charge in [-0.25, -0.2) is 4.98 Å². The van der Waals surface area contributed by atoms with Crippen LogP contribution in [0.5, 0.6) is 0 Å². The fraction of sp³-hybridized carbons (Fsp3) is 0.182. The van der Waals surface area contributed by atoms with Crippen LogP contribution in [-0.4, -0.2) is 31.6 Å². The summed E-state index contributed by atoms with van der Waals surface area (Å²) in [7, 11) is 0. The number of para-hydroxylation sites is 2. The molecular weight excluding hydrogens is 398 g/mol. The molecule has 8 heteroatoms. The van der Waals surface area contributed by atoms with Gasteiger partial charge in [0.2, 0.25) is 0 Å². The molecule has 0 radical (unpaired) electrons. The first-order chi connectivity index (χ1) is 14.6. The SMILES string of the molecule is C=CCn1c(=S)[nH]c2cc(C(=O)NCCCn3cnc4ccccc43)ccc2c1=O. The topological polar surface area (TPSA) is 84.7 Å². The minimum Gasteiger partial charge on any atom is -0.352 e. The summed E-state index contributed by atoms with van der Waals surface area (Å²) in [5.41, 5.74) is 2.86. The van der Waals surface area contributed by atoms with Crippen molar-refractivity contribution in [1.82, 2.24) is 24.4 Å². The minimum atomic E-state index is -0.201. The molecule has 0 atom stereocenters. The Hall–Kier alpha value is -3.52. The minimum absolute atomic E-state index is 0.193. The van der Waals surface area contributed by atoms with Crippen LogP contribution in [0.2, 0.25) is 0 Å². The molecule has 0 aliphatic carbocycles. The first-order valence-corrected chi connectivity index (χ1v) is 10.0. The van der Waals surface area contributed by atoms with E-state index in [1.54, 1.807) is 24.3 Å². The number of rotatable bonds is 7. The van der Waals surface area contributed by atoms with Crippen molar-refractivity contribution in [3.8, 4) is 0 Å². The highest BCUT2D eigenvalue weighted by molar-refractivity contribution is 7.71. The number of nitrogens with one attached hydrogen (secondary N) is 2. The Morgan fingerprint density at radius 2 is 2.10 bits per heavy atom. The van der Waals surface area contributed by atoms with E-state index in [2.05, 4.69) is 26.4 Å². The predicted octanol–water partition coefficient (Wildman–Crippen LogP) is 3.41. The molecular formula is C22H21N5O2S. The molecule has 1 amide bonds. The van der Waals surface area contributed by atoms with Crippen LogP contribution < -0.4 is 10.9 Å². The highest BCUT2D eigenvalue weighted by Crippen LogP contribution is 2.13. The molecule has 2 heterocycles. The number of nitrogens with zero attached hydrogens (tertiary/aromatic N) is 3. The molecule has 4 rings (SSSR count). The molecule has 0 unspecified atom stereocenters. The molecule has 0 aliphatic rings. The summed E-state index contributed by atoms with van der Waals surface area (Å²) in [5.74, 6) is -0.193. The summed E-state index contributed by atoms with van der Waals surface area (Å²) < 4.78 is 3.81. The smallest absolute Gasteiger partial charge is 0.262 e. The number of aromatic amines is 1. The van der Waals surface area contributed by atoms with Crippen molar-refractivity contribution in [3.63, 3.8) is 0 Å². The van der Waals surface area contributed by atoms with Gasteiger partial charge in [-0.3, -0.25) is 14.2 Å². The van der Waals surface area contributed by atoms with Gasteiger partial charge in [0, 0.05) is 25.2 Å². The van der Waals surface area contributed by atoms with E-state index >= 15 is 0 Å². The van der Waals surface area contributed by atoms with Gasteiger partial charge in [0.15, 0.2) is 4.77 Å². The van der Waals surface area contributed by atoms with Gasteiger partial charge >= 0.3 is 0 Å². The van der Waals surface area contributed by atoms with Gasteiger partial charge in [0.1, 0.15) is 0 Å². The van der Waals surface area contributed by atoms with Crippen molar-refractivity contribution < 1.29 is 4.79 Å². The number of aromatic nitrogens is 4. The first kappa shape index (κ1) is 19.8. The van der Waals surface area contributed by atoms with Crippen LogP contribution in [0, 0.1) is 4.77 Å². The molecule has 152 valence electrons. The van der Waals surface area contributed by atoms with Gasteiger partial charge in [-0.2, -0.15) is 0 Å². The van der Waals surface area contributed by atoms with Gasteiger partial charge in [0.05, 0.1) is 28.3 Å². The molecule has 0 saturated carbocycles. The summed E-state index contributed by atoms with van der Waals surface area (Å²) in [4.78, 5) is 32.5. The standard InChI is InChI=1S/C22H21N5O2S/c1-2-11-27-21(29)16-9-8-15(13-18(16)25-22(27)30)20(28)23-10-5-12-26-14-24-17-6-3-4-7-19(17)26/h2-4,6-9,13-14H,1,5,10-12H2,(H,23,28)(H,25,30). The average molecular weight is 420 g/mol. The predicted molar refractivity (Wildman–Crippen MR) is 120 cm³/mol. The average Bonchev–Trinajstić information content (AvgIpc) is 3.17. The number of imidazole rings is 1. The summed E-state index contributed by atoms with van der Waals surface area (Å²) >= 11 is 5.25. The van der Waals surface area contributed by atoms with Gasteiger partial charge in [-0.15, -0.1) is 6.58 Å². The van der Waals surface area contributed by atoms with Crippen LogP contribution in [0.3, 0.4) is 0 Å².